The van der Waals surface area contributed by atoms with Crippen LogP contribution in [0.25, 0.3) is 0 Å². The second-order valence-corrected chi connectivity index (χ2v) is 6.93. The molecule has 3 aliphatic heterocycles. The lowest BCUT2D eigenvalue weighted by Crippen LogP contribution is -2.41. The zero-order valence-electron chi connectivity index (χ0n) is 13.9. The quantitative estimate of drug-likeness (QED) is 0.570. The lowest BCUT2D eigenvalue weighted by molar-refractivity contribution is -0.228. The minimum absolute atomic E-state index is 0.149. The van der Waals surface area contributed by atoms with Gasteiger partial charge in [0, 0.05) is 6.08 Å². The molecule has 0 N–H and O–H groups in total. The number of hydrogen-bond acceptors (Lipinski definition) is 7. The molecule has 0 radical (unpaired) electrons. The molecule has 0 saturated carbocycles. The number of carbonyl (C=O) groups is 1. The number of ether oxygens (including phenoxy) is 6. The summed E-state index contributed by atoms with van der Waals surface area (Å²) in [6, 6.07) is 0. The first-order valence-corrected chi connectivity index (χ1v) is 7.83. The van der Waals surface area contributed by atoms with Gasteiger partial charge < -0.3 is 28.4 Å². The van der Waals surface area contributed by atoms with Crippen LogP contribution < -0.4 is 0 Å². The molecule has 7 heteroatoms. The first kappa shape index (κ1) is 16.9. The van der Waals surface area contributed by atoms with Crippen LogP contribution in [0.3, 0.4) is 0 Å². The van der Waals surface area contributed by atoms with Gasteiger partial charge in [0.15, 0.2) is 17.9 Å². The fourth-order valence-corrected chi connectivity index (χ4v) is 3.26. The lowest BCUT2D eigenvalue weighted by Gasteiger charge is -2.28. The van der Waals surface area contributed by atoms with E-state index in [4.69, 9.17) is 28.4 Å². The van der Waals surface area contributed by atoms with Gasteiger partial charge in [0.05, 0.1) is 25.2 Å². The number of hydrogen-bond donors (Lipinski definition) is 0. The van der Waals surface area contributed by atoms with E-state index in [2.05, 4.69) is 6.58 Å². The van der Waals surface area contributed by atoms with E-state index in [0.29, 0.717) is 6.61 Å². The molecule has 3 heterocycles. The maximum Gasteiger partial charge on any atom is 0.330 e. The molecule has 3 unspecified atom stereocenters. The first-order chi connectivity index (χ1) is 10.7. The molecule has 5 atom stereocenters. The van der Waals surface area contributed by atoms with Crippen molar-refractivity contribution in [1.29, 1.82) is 0 Å². The zero-order chi connectivity index (χ0) is 16.8. The van der Waals surface area contributed by atoms with E-state index in [-0.39, 0.29) is 30.8 Å². The Balaban J connectivity index is 1.73. The van der Waals surface area contributed by atoms with Crippen molar-refractivity contribution < 1.29 is 33.2 Å². The summed E-state index contributed by atoms with van der Waals surface area (Å²) in [4.78, 5) is 11.4. The predicted octanol–water partition coefficient (Wildman–Crippen LogP) is 1.36. The Morgan fingerprint density at radius 1 is 1.17 bits per heavy atom. The number of rotatable bonds is 4. The van der Waals surface area contributed by atoms with Crippen molar-refractivity contribution in [2.45, 2.75) is 63.9 Å². The van der Waals surface area contributed by atoms with Gasteiger partial charge in [0.25, 0.3) is 0 Å². The summed E-state index contributed by atoms with van der Waals surface area (Å²) < 4.78 is 34.5. The summed E-state index contributed by atoms with van der Waals surface area (Å²) in [6.45, 7) is 11.3. The largest absolute Gasteiger partial charge is 0.462 e. The average molecular weight is 328 g/mol. The molecule has 23 heavy (non-hydrogen) atoms. The number of fused-ring (bicyclic) bond motifs is 1. The molecule has 0 aromatic rings. The van der Waals surface area contributed by atoms with E-state index in [9.17, 15) is 4.79 Å². The molecule has 3 fully saturated rings. The van der Waals surface area contributed by atoms with Gasteiger partial charge in [0.2, 0.25) is 0 Å². The van der Waals surface area contributed by atoms with Crippen LogP contribution in [0.2, 0.25) is 0 Å². The highest BCUT2D eigenvalue weighted by molar-refractivity contribution is 5.81. The van der Waals surface area contributed by atoms with Gasteiger partial charge in [-0.3, -0.25) is 0 Å². The van der Waals surface area contributed by atoms with Gasteiger partial charge >= 0.3 is 5.97 Å². The fraction of sp³-hybridized carbons (Fsp3) is 0.812. The predicted molar refractivity (Wildman–Crippen MR) is 78.2 cm³/mol. The summed E-state index contributed by atoms with van der Waals surface area (Å²) in [6.07, 6.45) is -0.287. The average Bonchev–Trinajstić information content (AvgIpc) is 3.05. The Morgan fingerprint density at radius 3 is 2.52 bits per heavy atom. The standard InChI is InChI=1S/C16H24O7/c1-6-11(17)18-7-9-12(10-8-19-15(2,3)21-10)20-14-13(9)22-16(4,5)23-14/h6,9-10,12-14H,1,7-8H2,2-5H3/t9?,10?,12-,13?,14+/m0/s1. The monoisotopic (exact) mass is 328 g/mol. The lowest BCUT2D eigenvalue weighted by atomic mass is 9.95. The highest BCUT2D eigenvalue weighted by atomic mass is 16.8. The molecule has 0 amide bonds. The summed E-state index contributed by atoms with van der Waals surface area (Å²) in [5.74, 6) is -2.06. The topological polar surface area (TPSA) is 72.5 Å². The molecule has 3 aliphatic rings. The van der Waals surface area contributed by atoms with Crippen molar-refractivity contribution in [2.75, 3.05) is 13.2 Å². The second-order valence-electron chi connectivity index (χ2n) is 6.93. The summed E-state index contributed by atoms with van der Waals surface area (Å²) in [5.41, 5.74) is 0. The van der Waals surface area contributed by atoms with Gasteiger partial charge in [-0.05, 0) is 27.7 Å². The van der Waals surface area contributed by atoms with Crippen LogP contribution in [0.15, 0.2) is 12.7 Å². The smallest absolute Gasteiger partial charge is 0.330 e. The Bertz CT molecular complexity index is 487. The van der Waals surface area contributed by atoms with Crippen LogP contribution >= 0.6 is 0 Å². The maximum absolute atomic E-state index is 11.4. The third kappa shape index (κ3) is 3.44. The van der Waals surface area contributed by atoms with Crippen LogP contribution in [0, 0.1) is 5.92 Å². The van der Waals surface area contributed by atoms with Crippen molar-refractivity contribution in [2.24, 2.45) is 5.92 Å². The van der Waals surface area contributed by atoms with Crippen LogP contribution in [-0.4, -0.2) is 55.4 Å². The van der Waals surface area contributed by atoms with E-state index in [1.54, 1.807) is 0 Å². The molecular formula is C16H24O7. The van der Waals surface area contributed by atoms with E-state index in [0.717, 1.165) is 6.08 Å². The van der Waals surface area contributed by atoms with Crippen molar-refractivity contribution in [3.63, 3.8) is 0 Å². The molecule has 0 aromatic heterocycles. The SMILES string of the molecule is C=CC(=O)OCC1C2OC(C)(C)O[C@H]2O[C@@H]1C1COC(C)(C)O1. The minimum atomic E-state index is -0.729. The highest BCUT2D eigenvalue weighted by Crippen LogP contribution is 2.43. The van der Waals surface area contributed by atoms with Crippen molar-refractivity contribution >= 4 is 5.97 Å². The summed E-state index contributed by atoms with van der Waals surface area (Å²) >= 11 is 0. The molecule has 0 bridgehead atoms. The van der Waals surface area contributed by atoms with Crippen LogP contribution in [-0.2, 0) is 33.2 Å². The Hall–Kier alpha value is -0.990. The van der Waals surface area contributed by atoms with Gasteiger partial charge in [-0.2, -0.15) is 0 Å². The molecule has 3 rings (SSSR count). The maximum atomic E-state index is 11.4. The van der Waals surface area contributed by atoms with E-state index in [1.165, 1.54) is 0 Å². The third-order valence-electron chi connectivity index (χ3n) is 4.20. The van der Waals surface area contributed by atoms with Crippen molar-refractivity contribution in [3.05, 3.63) is 12.7 Å². The number of carbonyl (C=O) groups excluding carboxylic acids is 1. The van der Waals surface area contributed by atoms with Crippen molar-refractivity contribution in [1.82, 2.24) is 0 Å². The molecule has 0 aliphatic carbocycles. The minimum Gasteiger partial charge on any atom is -0.462 e. The fourth-order valence-electron chi connectivity index (χ4n) is 3.26. The molecule has 0 aromatic carbocycles. The van der Waals surface area contributed by atoms with Crippen LogP contribution in [0.4, 0.5) is 0 Å². The molecule has 3 saturated heterocycles. The molecule has 7 nitrogen and oxygen atoms in total. The van der Waals surface area contributed by atoms with Gasteiger partial charge in [0.1, 0.15) is 12.2 Å². The molecular weight excluding hydrogens is 304 g/mol. The Kier molecular flexibility index (Phi) is 4.27. The van der Waals surface area contributed by atoms with E-state index in [1.807, 2.05) is 27.7 Å². The number of esters is 1. The molecule has 0 spiro atoms. The van der Waals surface area contributed by atoms with Gasteiger partial charge in [-0.15, -0.1) is 0 Å². The first-order valence-electron chi connectivity index (χ1n) is 7.83. The third-order valence-corrected chi connectivity index (χ3v) is 4.20. The van der Waals surface area contributed by atoms with E-state index >= 15 is 0 Å². The van der Waals surface area contributed by atoms with Crippen molar-refractivity contribution in [3.8, 4) is 0 Å². The molecule has 130 valence electrons. The normalized spacial score (nSPS) is 40.8. The summed E-state index contributed by atoms with van der Waals surface area (Å²) in [5, 5.41) is 0. The van der Waals surface area contributed by atoms with Crippen LogP contribution in [0.5, 0.6) is 0 Å². The second kappa shape index (κ2) is 5.82. The Morgan fingerprint density at radius 2 is 1.91 bits per heavy atom. The highest BCUT2D eigenvalue weighted by Gasteiger charge is 2.58. The van der Waals surface area contributed by atoms with E-state index < -0.39 is 23.8 Å². The van der Waals surface area contributed by atoms with Gasteiger partial charge in [-0.25, -0.2) is 4.79 Å². The zero-order valence-corrected chi connectivity index (χ0v) is 13.9. The Labute approximate surface area is 135 Å². The van der Waals surface area contributed by atoms with Crippen LogP contribution in [0.1, 0.15) is 27.7 Å². The summed E-state index contributed by atoms with van der Waals surface area (Å²) in [7, 11) is 0. The van der Waals surface area contributed by atoms with Gasteiger partial charge in [-0.1, -0.05) is 6.58 Å².